The van der Waals surface area contributed by atoms with Gasteiger partial charge in [0.1, 0.15) is 11.5 Å². The van der Waals surface area contributed by atoms with E-state index in [1.807, 2.05) is 24.4 Å². The maximum absolute atomic E-state index is 13.3. The Morgan fingerprint density at radius 3 is 2.54 bits per heavy atom. The summed E-state index contributed by atoms with van der Waals surface area (Å²) in [5.74, 6) is -1.21. The van der Waals surface area contributed by atoms with Crippen LogP contribution in [-0.4, -0.2) is 40.3 Å². The number of H-pyrrole nitrogens is 1. The molecule has 37 heavy (non-hydrogen) atoms. The van der Waals surface area contributed by atoms with Crippen LogP contribution in [0.2, 0.25) is 15.1 Å². The van der Waals surface area contributed by atoms with E-state index >= 15 is 0 Å². The Balaban J connectivity index is 1.59. The Labute approximate surface area is 228 Å². The summed E-state index contributed by atoms with van der Waals surface area (Å²) in [7, 11) is 1.60. The van der Waals surface area contributed by atoms with Crippen LogP contribution in [0.25, 0.3) is 16.7 Å². The molecule has 3 aromatic carbocycles. The molecule has 1 saturated heterocycles. The molecular formula is C28H21Cl3N2O4. The molecule has 0 aliphatic carbocycles. The smallest absolute Gasteiger partial charge is 0.295 e. The zero-order valence-corrected chi connectivity index (χ0v) is 21.9. The molecule has 1 aliphatic heterocycles. The quantitative estimate of drug-likeness (QED) is 0.156. The number of ether oxygens (including phenoxy) is 1. The second kappa shape index (κ2) is 10.1. The molecule has 0 unspecified atom stereocenters. The van der Waals surface area contributed by atoms with Crippen LogP contribution >= 0.6 is 34.8 Å². The first-order chi connectivity index (χ1) is 17.8. The normalized spacial score (nSPS) is 17.1. The van der Waals surface area contributed by atoms with E-state index in [1.165, 1.54) is 17.0 Å². The molecule has 2 heterocycles. The SMILES string of the molecule is COc1ccc2[nH]cc(CCN3C(=O)C(=O)C(=C(O)c4ccc(Cl)cc4Cl)[C@H]3c3ccccc3Cl)c2c1. The van der Waals surface area contributed by atoms with Gasteiger partial charge in [0.15, 0.2) is 0 Å². The van der Waals surface area contributed by atoms with Gasteiger partial charge in [0.05, 0.1) is 23.7 Å². The van der Waals surface area contributed by atoms with Crippen LogP contribution in [0.1, 0.15) is 22.7 Å². The zero-order valence-electron chi connectivity index (χ0n) is 19.6. The van der Waals surface area contributed by atoms with Crippen molar-refractivity contribution in [2.45, 2.75) is 12.5 Å². The predicted molar refractivity (Wildman–Crippen MR) is 145 cm³/mol. The third kappa shape index (κ3) is 4.57. The van der Waals surface area contributed by atoms with E-state index in [4.69, 9.17) is 39.5 Å². The van der Waals surface area contributed by atoms with Crippen LogP contribution in [0.15, 0.2) is 72.4 Å². The number of methoxy groups -OCH3 is 1. The van der Waals surface area contributed by atoms with Crippen molar-refractivity contribution >= 4 is 63.2 Å². The Bertz CT molecular complexity index is 1580. The third-order valence-electron chi connectivity index (χ3n) is 6.52. The van der Waals surface area contributed by atoms with Gasteiger partial charge in [-0.3, -0.25) is 9.59 Å². The highest BCUT2D eigenvalue weighted by molar-refractivity contribution is 6.47. The van der Waals surface area contributed by atoms with Crippen molar-refractivity contribution in [3.8, 4) is 5.75 Å². The summed E-state index contributed by atoms with van der Waals surface area (Å²) in [5.41, 5.74) is 2.52. The number of rotatable bonds is 6. The lowest BCUT2D eigenvalue weighted by Crippen LogP contribution is -2.31. The van der Waals surface area contributed by atoms with Crippen LogP contribution in [0.5, 0.6) is 5.75 Å². The van der Waals surface area contributed by atoms with Crippen molar-refractivity contribution in [3.63, 3.8) is 0 Å². The summed E-state index contributed by atoms with van der Waals surface area (Å²) >= 11 is 18.9. The molecule has 1 aromatic heterocycles. The highest BCUT2D eigenvalue weighted by atomic mass is 35.5. The number of aromatic amines is 1. The number of ketones is 1. The van der Waals surface area contributed by atoms with E-state index in [-0.39, 0.29) is 28.5 Å². The molecule has 188 valence electrons. The van der Waals surface area contributed by atoms with Crippen LogP contribution in [0.4, 0.5) is 0 Å². The number of nitrogens with one attached hydrogen (secondary N) is 1. The number of aliphatic hydroxyl groups is 1. The van der Waals surface area contributed by atoms with E-state index in [2.05, 4.69) is 4.98 Å². The molecule has 0 bridgehead atoms. The first kappa shape index (κ1) is 25.2. The molecule has 0 radical (unpaired) electrons. The molecular weight excluding hydrogens is 535 g/mol. The lowest BCUT2D eigenvalue weighted by atomic mass is 9.95. The van der Waals surface area contributed by atoms with Crippen molar-refractivity contribution in [3.05, 3.63) is 104 Å². The van der Waals surface area contributed by atoms with Gasteiger partial charge in [-0.25, -0.2) is 0 Å². The van der Waals surface area contributed by atoms with E-state index < -0.39 is 17.7 Å². The molecule has 2 N–H and O–H groups in total. The van der Waals surface area contributed by atoms with Crippen LogP contribution in [0.3, 0.4) is 0 Å². The fourth-order valence-corrected chi connectivity index (χ4v) is 5.43. The van der Waals surface area contributed by atoms with E-state index in [1.54, 1.807) is 37.4 Å². The van der Waals surface area contributed by atoms with E-state index in [9.17, 15) is 14.7 Å². The van der Waals surface area contributed by atoms with Gasteiger partial charge in [-0.15, -0.1) is 0 Å². The number of fused-ring (bicyclic) bond motifs is 1. The molecule has 9 heteroatoms. The van der Waals surface area contributed by atoms with Crippen molar-refractivity contribution < 1.29 is 19.4 Å². The number of aromatic nitrogens is 1. The number of carbonyl (C=O) groups excluding carboxylic acids is 2. The Morgan fingerprint density at radius 1 is 1.03 bits per heavy atom. The van der Waals surface area contributed by atoms with Crippen LogP contribution in [-0.2, 0) is 16.0 Å². The lowest BCUT2D eigenvalue weighted by Gasteiger charge is -2.26. The van der Waals surface area contributed by atoms with Crippen molar-refractivity contribution in [1.82, 2.24) is 9.88 Å². The standard InChI is InChI=1S/C28H21Cl3N2O4/c1-37-17-7-9-23-20(13-17)15(14-32-23)10-11-33-25(18-4-2-3-5-21(18)30)24(27(35)28(33)36)26(34)19-8-6-16(29)12-22(19)31/h2-9,12-14,25,32,34H,10-11H2,1H3/t25-/m1/s1. The molecule has 1 atom stereocenters. The lowest BCUT2D eigenvalue weighted by molar-refractivity contribution is -0.139. The average molecular weight is 556 g/mol. The van der Waals surface area contributed by atoms with Gasteiger partial charge in [-0.2, -0.15) is 0 Å². The van der Waals surface area contributed by atoms with Gasteiger partial charge in [0, 0.05) is 39.3 Å². The van der Waals surface area contributed by atoms with E-state index in [0.29, 0.717) is 27.8 Å². The molecule has 5 rings (SSSR count). The fourth-order valence-electron chi connectivity index (χ4n) is 4.69. The highest BCUT2D eigenvalue weighted by Gasteiger charge is 2.46. The van der Waals surface area contributed by atoms with Crippen LogP contribution in [0, 0.1) is 0 Å². The summed E-state index contributed by atoms with van der Waals surface area (Å²) in [4.78, 5) is 31.3. The highest BCUT2D eigenvalue weighted by Crippen LogP contribution is 2.43. The van der Waals surface area contributed by atoms with Crippen molar-refractivity contribution in [2.24, 2.45) is 0 Å². The molecule has 4 aromatic rings. The topological polar surface area (TPSA) is 82.6 Å². The molecule has 1 aliphatic rings. The summed E-state index contributed by atoms with van der Waals surface area (Å²) in [5, 5.41) is 13.1. The van der Waals surface area contributed by atoms with Crippen molar-refractivity contribution in [2.75, 3.05) is 13.7 Å². The van der Waals surface area contributed by atoms with Gasteiger partial charge in [0.25, 0.3) is 11.7 Å². The maximum Gasteiger partial charge on any atom is 0.295 e. The van der Waals surface area contributed by atoms with Gasteiger partial charge in [-0.05, 0) is 60.0 Å². The number of Topliss-reactive ketones (excluding diaryl/α,β-unsaturated/α-hetero) is 1. The largest absolute Gasteiger partial charge is 0.507 e. The minimum absolute atomic E-state index is 0.0806. The second-order valence-corrected chi connectivity index (χ2v) is 9.86. The second-order valence-electron chi connectivity index (χ2n) is 8.61. The zero-order chi connectivity index (χ0) is 26.3. The van der Waals surface area contributed by atoms with E-state index in [0.717, 1.165) is 16.5 Å². The molecule has 6 nitrogen and oxygen atoms in total. The number of halogens is 3. The number of aliphatic hydroxyl groups excluding tert-OH is 1. The Morgan fingerprint density at radius 2 is 1.81 bits per heavy atom. The minimum atomic E-state index is -0.903. The van der Waals surface area contributed by atoms with Gasteiger partial charge in [0.2, 0.25) is 0 Å². The Hall–Kier alpha value is -3.45. The number of nitrogens with zero attached hydrogens (tertiary/aromatic N) is 1. The fraction of sp³-hybridized carbons (Fsp3) is 0.143. The first-order valence-electron chi connectivity index (χ1n) is 11.4. The number of hydrogen-bond donors (Lipinski definition) is 2. The Kier molecular flexibility index (Phi) is 6.90. The molecule has 0 spiro atoms. The summed E-state index contributed by atoms with van der Waals surface area (Å²) in [6.07, 6.45) is 2.32. The molecule has 1 fully saturated rings. The molecule has 0 saturated carbocycles. The van der Waals surface area contributed by atoms with Crippen LogP contribution < -0.4 is 4.74 Å². The maximum atomic E-state index is 13.3. The van der Waals surface area contributed by atoms with Crippen molar-refractivity contribution in [1.29, 1.82) is 0 Å². The summed E-state index contributed by atoms with van der Waals surface area (Å²) in [6, 6.07) is 16.3. The third-order valence-corrected chi connectivity index (χ3v) is 7.41. The average Bonchev–Trinajstić information content (AvgIpc) is 3.40. The monoisotopic (exact) mass is 554 g/mol. The summed E-state index contributed by atoms with van der Waals surface area (Å²) in [6.45, 7) is 0.204. The number of carbonyl (C=O) groups is 2. The molecule has 1 amide bonds. The van der Waals surface area contributed by atoms with Gasteiger partial charge < -0.3 is 19.7 Å². The van der Waals surface area contributed by atoms with Gasteiger partial charge in [-0.1, -0.05) is 53.0 Å². The number of likely N-dealkylation sites (tertiary alicyclic amines) is 1. The number of benzene rings is 3. The van der Waals surface area contributed by atoms with Gasteiger partial charge >= 0.3 is 0 Å². The predicted octanol–water partition coefficient (Wildman–Crippen LogP) is 6.80. The minimum Gasteiger partial charge on any atom is -0.507 e. The number of hydrogen-bond acceptors (Lipinski definition) is 4. The summed E-state index contributed by atoms with van der Waals surface area (Å²) < 4.78 is 5.35. The first-order valence-corrected chi connectivity index (χ1v) is 12.6. The number of amides is 1.